The summed E-state index contributed by atoms with van der Waals surface area (Å²) in [6.45, 7) is 2.02. The summed E-state index contributed by atoms with van der Waals surface area (Å²) >= 11 is 3.14. The fraction of sp³-hybridized carbons (Fsp3) is 0.571. The van der Waals surface area contributed by atoms with Crippen LogP contribution in [0.25, 0.3) is 0 Å². The van der Waals surface area contributed by atoms with Gasteiger partial charge in [-0.05, 0) is 13.3 Å². The van der Waals surface area contributed by atoms with Gasteiger partial charge in [-0.1, -0.05) is 23.3 Å². The quantitative estimate of drug-likeness (QED) is 0.586. The highest BCUT2D eigenvalue weighted by atomic mass is 32.2. The lowest BCUT2D eigenvalue weighted by atomic mass is 9.96. The van der Waals surface area contributed by atoms with Gasteiger partial charge >= 0.3 is 11.9 Å². The van der Waals surface area contributed by atoms with Gasteiger partial charge in [0.1, 0.15) is 10.00 Å². The zero-order valence-electron chi connectivity index (χ0n) is 11.8. The maximum absolute atomic E-state index is 12.1. The minimum Gasteiger partial charge on any atom is -0.468 e. The maximum atomic E-state index is 12.1. The van der Waals surface area contributed by atoms with E-state index < -0.39 is 4.75 Å². The van der Waals surface area contributed by atoms with Crippen molar-refractivity contribution in [2.75, 3.05) is 25.7 Å². The van der Waals surface area contributed by atoms with Gasteiger partial charge < -0.3 is 9.47 Å². The molecule has 0 saturated heterocycles. The predicted molar refractivity (Wildman–Crippen MR) is 81.9 cm³/mol. The Hall–Kier alpha value is -0.880. The van der Waals surface area contributed by atoms with Crippen molar-refractivity contribution in [2.24, 2.45) is 0 Å². The summed E-state index contributed by atoms with van der Waals surface area (Å²) in [6.07, 6.45) is 4.52. The molecule has 2 aliphatic heterocycles. The second kappa shape index (κ2) is 6.26. The zero-order valence-corrected chi connectivity index (χ0v) is 13.4. The number of esters is 2. The molecule has 2 rings (SSSR count). The molecule has 4 nitrogen and oxygen atoms in total. The van der Waals surface area contributed by atoms with Gasteiger partial charge in [-0.2, -0.15) is 0 Å². The molecule has 0 amide bonds. The molecule has 0 saturated carbocycles. The largest absolute Gasteiger partial charge is 0.468 e. The molecule has 0 N–H and O–H groups in total. The van der Waals surface area contributed by atoms with Crippen molar-refractivity contribution in [1.29, 1.82) is 0 Å². The molecule has 6 heteroatoms. The smallest absolute Gasteiger partial charge is 0.326 e. The van der Waals surface area contributed by atoms with Gasteiger partial charge in [0.2, 0.25) is 0 Å². The molecule has 2 heterocycles. The number of carbonyl (C=O) groups is 2. The lowest BCUT2D eigenvalue weighted by molar-refractivity contribution is -0.142. The van der Waals surface area contributed by atoms with Gasteiger partial charge in [0.05, 0.1) is 14.2 Å². The van der Waals surface area contributed by atoms with Crippen LogP contribution in [0.3, 0.4) is 0 Å². The van der Waals surface area contributed by atoms with E-state index in [2.05, 4.69) is 0 Å². The summed E-state index contributed by atoms with van der Waals surface area (Å²) in [5, 5.41) is -0.249. The first-order chi connectivity index (χ1) is 9.50. The van der Waals surface area contributed by atoms with Crippen LogP contribution in [0.4, 0.5) is 0 Å². The van der Waals surface area contributed by atoms with Gasteiger partial charge in [0, 0.05) is 11.5 Å². The Morgan fingerprint density at radius 3 is 2.65 bits per heavy atom. The highest BCUT2D eigenvalue weighted by Crippen LogP contribution is 2.44. The summed E-state index contributed by atoms with van der Waals surface area (Å²) in [4.78, 5) is 23.7. The third-order valence-electron chi connectivity index (χ3n) is 3.33. The first-order valence-electron chi connectivity index (χ1n) is 6.30. The van der Waals surface area contributed by atoms with Crippen LogP contribution in [0.1, 0.15) is 13.3 Å². The summed E-state index contributed by atoms with van der Waals surface area (Å²) in [7, 11) is 2.81. The molecule has 0 aliphatic carbocycles. The minimum absolute atomic E-state index is 0.216. The van der Waals surface area contributed by atoms with E-state index in [1.54, 1.807) is 11.8 Å². The molecule has 0 spiro atoms. The third-order valence-corrected chi connectivity index (χ3v) is 6.10. The highest BCUT2D eigenvalue weighted by Gasteiger charge is 2.43. The molecule has 0 aromatic heterocycles. The molecule has 0 aromatic carbocycles. The first-order valence-corrected chi connectivity index (χ1v) is 8.34. The summed E-state index contributed by atoms with van der Waals surface area (Å²) < 4.78 is 9.08. The Morgan fingerprint density at radius 2 is 2.10 bits per heavy atom. The van der Waals surface area contributed by atoms with Crippen LogP contribution < -0.4 is 0 Å². The van der Waals surface area contributed by atoms with Crippen LogP contribution in [-0.4, -0.2) is 47.7 Å². The Morgan fingerprint density at radius 1 is 1.35 bits per heavy atom. The molecule has 0 aromatic rings. The number of methoxy groups -OCH3 is 2. The molecular weight excluding hydrogens is 296 g/mol. The Bertz CT molecular complexity index is 484. The molecule has 2 aliphatic rings. The summed E-state index contributed by atoms with van der Waals surface area (Å²) in [6, 6.07) is 0. The van der Waals surface area contributed by atoms with Crippen LogP contribution >= 0.6 is 23.5 Å². The number of carbonyl (C=O) groups excluding carboxylic acids is 2. The average Bonchev–Trinajstić information content (AvgIpc) is 3.05. The maximum Gasteiger partial charge on any atom is 0.326 e. The molecular formula is C14H18O4S2. The topological polar surface area (TPSA) is 52.6 Å². The van der Waals surface area contributed by atoms with Crippen molar-refractivity contribution in [3.05, 3.63) is 23.3 Å². The Balaban J connectivity index is 2.15. The van der Waals surface area contributed by atoms with Crippen molar-refractivity contribution in [2.45, 2.75) is 23.3 Å². The van der Waals surface area contributed by atoms with Gasteiger partial charge in [-0.3, -0.25) is 9.59 Å². The highest BCUT2D eigenvalue weighted by molar-refractivity contribution is 8.02. The molecule has 2 atom stereocenters. The van der Waals surface area contributed by atoms with Crippen LogP contribution in [0, 0.1) is 0 Å². The van der Waals surface area contributed by atoms with E-state index in [1.165, 1.54) is 31.6 Å². The molecule has 0 bridgehead atoms. The van der Waals surface area contributed by atoms with Crippen LogP contribution in [0.2, 0.25) is 0 Å². The van der Waals surface area contributed by atoms with E-state index in [9.17, 15) is 9.59 Å². The Kier molecular flexibility index (Phi) is 4.86. The standard InChI is InChI=1S/C14H18O4S2/c1-9-5-14(20-7-9,13(16)18-3)6-10-4-11(19-8-10)12(15)17-2/h4-5,11H,6-8H2,1-3H3. The lowest BCUT2D eigenvalue weighted by Crippen LogP contribution is -2.33. The van der Waals surface area contributed by atoms with Gasteiger partial charge in [-0.15, -0.1) is 23.5 Å². The van der Waals surface area contributed by atoms with Crippen molar-refractivity contribution in [1.82, 2.24) is 0 Å². The van der Waals surface area contributed by atoms with E-state index in [1.807, 2.05) is 19.1 Å². The van der Waals surface area contributed by atoms with E-state index in [4.69, 9.17) is 9.47 Å². The fourth-order valence-electron chi connectivity index (χ4n) is 2.40. The van der Waals surface area contributed by atoms with Gasteiger partial charge in [0.25, 0.3) is 0 Å². The molecule has 110 valence electrons. The second-order valence-corrected chi connectivity index (χ2v) is 7.35. The van der Waals surface area contributed by atoms with E-state index in [-0.39, 0.29) is 17.2 Å². The van der Waals surface area contributed by atoms with Crippen molar-refractivity contribution < 1.29 is 19.1 Å². The lowest BCUT2D eigenvalue weighted by Gasteiger charge is -2.23. The van der Waals surface area contributed by atoms with Crippen LogP contribution in [-0.2, 0) is 19.1 Å². The van der Waals surface area contributed by atoms with Gasteiger partial charge in [-0.25, -0.2) is 0 Å². The number of hydrogen-bond donors (Lipinski definition) is 0. The van der Waals surface area contributed by atoms with Crippen LogP contribution in [0.5, 0.6) is 0 Å². The minimum atomic E-state index is -0.629. The number of thioether (sulfide) groups is 2. The molecule has 2 unspecified atom stereocenters. The SMILES string of the molecule is COC(=O)C1C=C(CC2(C(=O)OC)C=C(C)CS2)CS1. The van der Waals surface area contributed by atoms with Crippen molar-refractivity contribution >= 4 is 35.5 Å². The monoisotopic (exact) mass is 314 g/mol. The average molecular weight is 314 g/mol. The van der Waals surface area contributed by atoms with Crippen molar-refractivity contribution in [3.63, 3.8) is 0 Å². The number of rotatable bonds is 4. The van der Waals surface area contributed by atoms with Crippen molar-refractivity contribution in [3.8, 4) is 0 Å². The third kappa shape index (κ3) is 3.06. The summed E-state index contributed by atoms with van der Waals surface area (Å²) in [5.74, 6) is 1.15. The predicted octanol–water partition coefficient (Wildman–Crippen LogP) is 2.20. The van der Waals surface area contributed by atoms with E-state index in [0.717, 1.165) is 17.1 Å². The molecule has 0 fully saturated rings. The fourth-order valence-corrected chi connectivity index (χ4v) is 4.85. The zero-order chi connectivity index (χ0) is 14.8. The Labute approximate surface area is 127 Å². The summed E-state index contributed by atoms with van der Waals surface area (Å²) in [5.41, 5.74) is 2.30. The van der Waals surface area contributed by atoms with E-state index >= 15 is 0 Å². The molecule has 20 heavy (non-hydrogen) atoms. The first kappa shape index (κ1) is 15.5. The van der Waals surface area contributed by atoms with Crippen LogP contribution in [0.15, 0.2) is 23.3 Å². The molecule has 0 radical (unpaired) electrons. The van der Waals surface area contributed by atoms with E-state index in [0.29, 0.717) is 6.42 Å². The van der Waals surface area contributed by atoms with Gasteiger partial charge in [0.15, 0.2) is 0 Å². The number of ether oxygens (including phenoxy) is 2. The normalized spacial score (nSPS) is 28.9. The number of hydrogen-bond acceptors (Lipinski definition) is 6. The second-order valence-electron chi connectivity index (χ2n) is 4.92.